The highest BCUT2D eigenvalue weighted by molar-refractivity contribution is 6.14. The third kappa shape index (κ3) is 2.73. The predicted octanol–water partition coefficient (Wildman–Crippen LogP) is 4.08. The summed E-state index contributed by atoms with van der Waals surface area (Å²) in [5.41, 5.74) is 11.8. The summed E-state index contributed by atoms with van der Waals surface area (Å²) in [6.07, 6.45) is 4.68. The number of aromatic nitrogens is 5. The fourth-order valence-electron chi connectivity index (χ4n) is 4.78. The van der Waals surface area contributed by atoms with Gasteiger partial charge < -0.3 is 15.5 Å². The van der Waals surface area contributed by atoms with Gasteiger partial charge in [0.05, 0.1) is 16.6 Å². The zero-order chi connectivity index (χ0) is 21.8. The Morgan fingerprint density at radius 2 is 2.06 bits per heavy atom. The highest BCUT2D eigenvalue weighted by Gasteiger charge is 2.23. The predicted molar refractivity (Wildman–Crippen MR) is 124 cm³/mol. The van der Waals surface area contributed by atoms with Crippen molar-refractivity contribution in [2.24, 2.45) is 0 Å². The average molecular weight is 426 g/mol. The smallest absolute Gasteiger partial charge is 0.272 e. The van der Waals surface area contributed by atoms with Gasteiger partial charge in [0.1, 0.15) is 11.2 Å². The van der Waals surface area contributed by atoms with Crippen molar-refractivity contribution in [3.05, 3.63) is 58.5 Å². The number of aryl methyl sites for hydroxylation is 1. The summed E-state index contributed by atoms with van der Waals surface area (Å²) in [6.45, 7) is 2.73. The number of anilines is 1. The van der Waals surface area contributed by atoms with Gasteiger partial charge in [0.2, 0.25) is 0 Å². The first-order chi connectivity index (χ1) is 15.6. The molecule has 1 fully saturated rings. The second kappa shape index (κ2) is 7.13. The van der Waals surface area contributed by atoms with Crippen molar-refractivity contribution in [1.82, 2.24) is 25.0 Å². The van der Waals surface area contributed by atoms with Crippen LogP contribution in [0.3, 0.4) is 0 Å². The topological polar surface area (TPSA) is 112 Å². The van der Waals surface area contributed by atoms with Crippen LogP contribution in [0.4, 0.5) is 5.69 Å². The van der Waals surface area contributed by atoms with Crippen molar-refractivity contribution in [2.45, 2.75) is 32.4 Å². The number of nitrogen functional groups attached to an aromatic ring is 1. The first-order valence-corrected chi connectivity index (χ1v) is 10.8. The average Bonchev–Trinajstić information content (AvgIpc) is 3.26. The quantitative estimate of drug-likeness (QED) is 0.412. The van der Waals surface area contributed by atoms with Crippen LogP contribution in [0.1, 0.15) is 31.1 Å². The van der Waals surface area contributed by atoms with Gasteiger partial charge in [0.15, 0.2) is 6.23 Å². The van der Waals surface area contributed by atoms with Crippen LogP contribution in [0.5, 0.6) is 0 Å². The molecule has 1 aliphatic rings. The molecule has 5 aromatic rings. The molecule has 0 radical (unpaired) electrons. The van der Waals surface area contributed by atoms with Crippen molar-refractivity contribution in [3.8, 4) is 11.1 Å². The first kappa shape index (κ1) is 18.9. The molecular weight excluding hydrogens is 404 g/mol. The first-order valence-electron chi connectivity index (χ1n) is 10.8. The lowest BCUT2D eigenvalue weighted by atomic mass is 9.95. The summed E-state index contributed by atoms with van der Waals surface area (Å²) in [5, 5.41) is 10.6. The summed E-state index contributed by atoms with van der Waals surface area (Å²) in [5.74, 6) is 0. The Labute approximate surface area is 183 Å². The van der Waals surface area contributed by atoms with E-state index in [-0.39, 0.29) is 17.5 Å². The van der Waals surface area contributed by atoms with Crippen LogP contribution in [-0.4, -0.2) is 31.6 Å². The second-order valence-electron chi connectivity index (χ2n) is 8.29. The summed E-state index contributed by atoms with van der Waals surface area (Å²) in [4.78, 5) is 20.3. The molecule has 1 atom stereocenters. The Kier molecular flexibility index (Phi) is 4.22. The molecule has 3 aromatic heterocycles. The largest absolute Gasteiger partial charge is 0.394 e. The number of nitrogens with one attached hydrogen (secondary N) is 1. The van der Waals surface area contributed by atoms with Crippen LogP contribution >= 0.6 is 0 Å². The Balaban J connectivity index is 1.67. The van der Waals surface area contributed by atoms with E-state index in [1.807, 2.05) is 48.0 Å². The van der Waals surface area contributed by atoms with Gasteiger partial charge in [-0.1, -0.05) is 17.3 Å². The van der Waals surface area contributed by atoms with E-state index < -0.39 is 0 Å². The molecule has 3 N–H and O–H groups in total. The van der Waals surface area contributed by atoms with E-state index in [0.717, 1.165) is 58.8 Å². The third-order valence-corrected chi connectivity index (χ3v) is 6.30. The Morgan fingerprint density at radius 3 is 2.91 bits per heavy atom. The van der Waals surface area contributed by atoms with E-state index >= 15 is 0 Å². The fourth-order valence-corrected chi connectivity index (χ4v) is 4.78. The Hall–Kier alpha value is -3.78. The number of nitrogens with zero attached hydrogens (tertiary/aromatic N) is 4. The van der Waals surface area contributed by atoms with Gasteiger partial charge in [-0.25, -0.2) is 4.68 Å². The lowest BCUT2D eigenvalue weighted by molar-refractivity contribution is -0.0377. The van der Waals surface area contributed by atoms with E-state index in [1.54, 1.807) is 6.20 Å². The van der Waals surface area contributed by atoms with E-state index in [4.69, 9.17) is 10.5 Å². The summed E-state index contributed by atoms with van der Waals surface area (Å²) in [7, 11) is 0. The number of H-pyrrole nitrogens is 1. The zero-order valence-corrected chi connectivity index (χ0v) is 17.6. The van der Waals surface area contributed by atoms with Gasteiger partial charge in [-0.15, -0.1) is 5.10 Å². The van der Waals surface area contributed by atoms with E-state index in [2.05, 4.69) is 20.3 Å². The molecule has 0 saturated carbocycles. The van der Waals surface area contributed by atoms with E-state index in [0.29, 0.717) is 16.6 Å². The monoisotopic (exact) mass is 426 g/mol. The van der Waals surface area contributed by atoms with Crippen molar-refractivity contribution in [2.75, 3.05) is 12.3 Å². The third-order valence-electron chi connectivity index (χ3n) is 6.30. The number of pyridine rings is 2. The molecule has 1 unspecified atom stereocenters. The molecule has 32 heavy (non-hydrogen) atoms. The second-order valence-corrected chi connectivity index (χ2v) is 8.29. The van der Waals surface area contributed by atoms with Gasteiger partial charge in [-0.05, 0) is 56.0 Å². The molecule has 6 rings (SSSR count). The molecule has 0 spiro atoms. The number of ether oxygens (including phenoxy) is 1. The van der Waals surface area contributed by atoms with Crippen LogP contribution in [0.25, 0.3) is 44.0 Å². The van der Waals surface area contributed by atoms with Crippen LogP contribution in [0.2, 0.25) is 0 Å². The molecule has 4 heterocycles. The van der Waals surface area contributed by atoms with Crippen LogP contribution in [0.15, 0.2) is 47.4 Å². The minimum Gasteiger partial charge on any atom is -0.394 e. The van der Waals surface area contributed by atoms with Crippen LogP contribution < -0.4 is 11.3 Å². The summed E-state index contributed by atoms with van der Waals surface area (Å²) < 4.78 is 7.77. The van der Waals surface area contributed by atoms with Crippen molar-refractivity contribution in [3.63, 3.8) is 0 Å². The number of rotatable bonds is 2. The van der Waals surface area contributed by atoms with E-state index in [9.17, 15) is 4.79 Å². The maximum atomic E-state index is 12.9. The molecule has 0 aliphatic carbocycles. The molecule has 0 amide bonds. The highest BCUT2D eigenvalue weighted by Crippen LogP contribution is 2.38. The van der Waals surface area contributed by atoms with E-state index in [1.165, 1.54) is 0 Å². The maximum Gasteiger partial charge on any atom is 0.272 e. The maximum absolute atomic E-state index is 12.9. The van der Waals surface area contributed by atoms with Crippen molar-refractivity contribution < 1.29 is 4.74 Å². The fraction of sp³-hybridized carbons (Fsp3) is 0.250. The lowest BCUT2D eigenvalue weighted by Crippen LogP contribution is -2.19. The Morgan fingerprint density at radius 1 is 1.16 bits per heavy atom. The van der Waals surface area contributed by atoms with Crippen molar-refractivity contribution >= 4 is 38.5 Å². The number of hydrogen-bond donors (Lipinski definition) is 2. The molecule has 0 bridgehead atoms. The van der Waals surface area contributed by atoms with Gasteiger partial charge in [-0.3, -0.25) is 9.78 Å². The SMILES string of the molecule is Cc1cc2c(-c3cccc4c3nnn4C3CCCCO3)c(N)c(=O)[nH]c2c2cccnc12. The molecule has 160 valence electrons. The number of hydrogen-bond acceptors (Lipinski definition) is 6. The molecule has 8 nitrogen and oxygen atoms in total. The zero-order valence-electron chi connectivity index (χ0n) is 17.6. The molecule has 1 saturated heterocycles. The number of fused-ring (bicyclic) bond motifs is 4. The van der Waals surface area contributed by atoms with Gasteiger partial charge in [0, 0.05) is 34.7 Å². The lowest BCUT2D eigenvalue weighted by Gasteiger charge is -2.22. The molecular formula is C24H22N6O2. The standard InChI is InChI=1S/C24H22N6O2/c1-13-12-16-19(20(25)24(31)27-22(16)15-7-5-10-26-21(13)15)14-6-4-8-17-23(14)28-29-30(17)18-9-2-3-11-32-18/h4-8,10,12,18H,2-3,9,11,25H2,1H3,(H,27,31). The van der Waals surface area contributed by atoms with Gasteiger partial charge in [0.25, 0.3) is 5.56 Å². The number of benzene rings is 2. The van der Waals surface area contributed by atoms with Crippen molar-refractivity contribution in [1.29, 1.82) is 0 Å². The van der Waals surface area contributed by atoms with Gasteiger partial charge in [-0.2, -0.15) is 0 Å². The number of nitrogens with two attached hydrogens (primary N) is 1. The number of aromatic amines is 1. The highest BCUT2D eigenvalue weighted by atomic mass is 16.5. The molecule has 8 heteroatoms. The minimum absolute atomic E-state index is 0.130. The molecule has 2 aromatic carbocycles. The summed E-state index contributed by atoms with van der Waals surface area (Å²) in [6, 6.07) is 11.7. The van der Waals surface area contributed by atoms with Crippen LogP contribution in [-0.2, 0) is 4.74 Å². The van der Waals surface area contributed by atoms with Gasteiger partial charge >= 0.3 is 0 Å². The Bertz CT molecular complexity index is 1560. The van der Waals surface area contributed by atoms with Crippen LogP contribution in [0, 0.1) is 6.92 Å². The summed E-state index contributed by atoms with van der Waals surface area (Å²) >= 11 is 0. The minimum atomic E-state index is -0.332. The normalized spacial score (nSPS) is 16.8. The molecule has 1 aliphatic heterocycles.